The van der Waals surface area contributed by atoms with E-state index in [-0.39, 0.29) is 5.88 Å². The van der Waals surface area contributed by atoms with Gasteiger partial charge in [-0.25, -0.2) is 0 Å². The van der Waals surface area contributed by atoms with Crippen molar-refractivity contribution in [2.75, 3.05) is 5.73 Å². The fourth-order valence-corrected chi connectivity index (χ4v) is 1.14. The molecule has 0 saturated heterocycles. The van der Waals surface area contributed by atoms with Crippen LogP contribution < -0.4 is 5.73 Å². The number of fused-ring (bicyclic) bond motifs is 1. The maximum Gasteiger partial charge on any atom is 0.189 e. The maximum absolute atomic E-state index is 9.05. The molecule has 1 aromatic carbocycles. The zero-order chi connectivity index (χ0) is 7.84. The van der Waals surface area contributed by atoms with E-state index in [2.05, 4.69) is 4.98 Å². The molecule has 11 heavy (non-hydrogen) atoms. The van der Waals surface area contributed by atoms with Crippen LogP contribution in [0.1, 0.15) is 0 Å². The van der Waals surface area contributed by atoms with Crippen LogP contribution in [-0.4, -0.2) is 10.1 Å². The van der Waals surface area contributed by atoms with E-state index in [1.54, 1.807) is 12.1 Å². The Morgan fingerprint density at radius 2 is 2.09 bits per heavy atom. The Hall–Kier alpha value is -1.64. The third kappa shape index (κ3) is 0.902. The van der Waals surface area contributed by atoms with Crippen LogP contribution in [0.4, 0.5) is 5.69 Å². The van der Waals surface area contributed by atoms with Crippen LogP contribution in [0.15, 0.2) is 24.3 Å². The molecule has 2 aromatic rings. The lowest BCUT2D eigenvalue weighted by atomic mass is 10.2. The molecule has 0 aliphatic heterocycles. The summed E-state index contributed by atoms with van der Waals surface area (Å²) < 4.78 is 0. The van der Waals surface area contributed by atoms with Crippen molar-refractivity contribution in [3.63, 3.8) is 0 Å². The van der Waals surface area contributed by atoms with Gasteiger partial charge in [0, 0.05) is 22.7 Å². The number of nitrogen functional groups attached to an aromatic ring is 1. The lowest BCUT2D eigenvalue weighted by molar-refractivity contribution is 0.458. The summed E-state index contributed by atoms with van der Waals surface area (Å²) >= 11 is 0. The highest BCUT2D eigenvalue weighted by Crippen LogP contribution is 2.20. The first-order chi connectivity index (χ1) is 5.25. The van der Waals surface area contributed by atoms with Crippen LogP contribution in [0, 0.1) is 0 Å². The van der Waals surface area contributed by atoms with E-state index in [9.17, 15) is 0 Å². The van der Waals surface area contributed by atoms with E-state index in [1.807, 2.05) is 12.1 Å². The molecular formula is C8H8N2O. The van der Waals surface area contributed by atoms with Crippen LogP contribution in [0.25, 0.3) is 10.9 Å². The molecule has 1 heterocycles. The normalized spacial score (nSPS) is 10.5. The number of hydrogen-bond donors (Lipinski definition) is 3. The second-order valence-electron chi connectivity index (χ2n) is 2.50. The number of aromatic hydroxyl groups is 1. The van der Waals surface area contributed by atoms with E-state index in [0.29, 0.717) is 5.69 Å². The van der Waals surface area contributed by atoms with Crippen molar-refractivity contribution in [2.45, 2.75) is 0 Å². The van der Waals surface area contributed by atoms with E-state index in [4.69, 9.17) is 10.8 Å². The van der Waals surface area contributed by atoms with Crippen molar-refractivity contribution in [2.24, 2.45) is 0 Å². The first-order valence-electron chi connectivity index (χ1n) is 3.33. The van der Waals surface area contributed by atoms with Crippen LogP contribution in [-0.2, 0) is 0 Å². The Balaban J connectivity index is 2.82. The fraction of sp³-hybridized carbons (Fsp3) is 0. The van der Waals surface area contributed by atoms with Gasteiger partial charge in [-0.2, -0.15) is 0 Å². The Labute approximate surface area is 63.5 Å². The van der Waals surface area contributed by atoms with Crippen LogP contribution in [0.2, 0.25) is 0 Å². The number of H-pyrrole nitrogens is 1. The molecule has 0 bridgehead atoms. The minimum atomic E-state index is 0.172. The molecule has 0 saturated carbocycles. The van der Waals surface area contributed by atoms with E-state index in [0.717, 1.165) is 10.9 Å². The largest absolute Gasteiger partial charge is 0.495 e. The Morgan fingerprint density at radius 3 is 2.91 bits per heavy atom. The van der Waals surface area contributed by atoms with Gasteiger partial charge in [0.25, 0.3) is 0 Å². The summed E-state index contributed by atoms with van der Waals surface area (Å²) in [6.45, 7) is 0. The Morgan fingerprint density at radius 1 is 1.27 bits per heavy atom. The summed E-state index contributed by atoms with van der Waals surface area (Å²) in [6.07, 6.45) is 0. The third-order valence-electron chi connectivity index (χ3n) is 1.63. The molecule has 0 aliphatic rings. The van der Waals surface area contributed by atoms with Gasteiger partial charge in [-0.05, 0) is 18.2 Å². The number of rotatable bonds is 0. The van der Waals surface area contributed by atoms with Gasteiger partial charge in [0.1, 0.15) is 0 Å². The van der Waals surface area contributed by atoms with E-state index >= 15 is 0 Å². The molecule has 3 heteroatoms. The van der Waals surface area contributed by atoms with Crippen molar-refractivity contribution in [3.05, 3.63) is 24.3 Å². The van der Waals surface area contributed by atoms with Crippen molar-refractivity contribution < 1.29 is 5.11 Å². The molecule has 4 N–H and O–H groups in total. The monoisotopic (exact) mass is 148 g/mol. The minimum Gasteiger partial charge on any atom is -0.495 e. The molecule has 1 aromatic heterocycles. The van der Waals surface area contributed by atoms with E-state index < -0.39 is 0 Å². The standard InChI is InChI=1S/C8H8N2O/c9-6-1-2-7-5(3-6)4-8(11)10-7/h1-4,10-11H,9H2. The number of anilines is 1. The molecule has 3 nitrogen and oxygen atoms in total. The molecule has 0 unspecified atom stereocenters. The fourth-order valence-electron chi connectivity index (χ4n) is 1.14. The van der Waals surface area contributed by atoms with Crippen molar-refractivity contribution in [3.8, 4) is 5.88 Å². The van der Waals surface area contributed by atoms with Gasteiger partial charge in [0.15, 0.2) is 5.88 Å². The highest BCUT2D eigenvalue weighted by Gasteiger charge is 1.97. The van der Waals surface area contributed by atoms with Crippen LogP contribution in [0.3, 0.4) is 0 Å². The molecular weight excluding hydrogens is 140 g/mol. The zero-order valence-electron chi connectivity index (χ0n) is 5.83. The predicted octanol–water partition coefficient (Wildman–Crippen LogP) is 1.46. The summed E-state index contributed by atoms with van der Waals surface area (Å²) in [6, 6.07) is 7.08. The van der Waals surface area contributed by atoms with Crippen LogP contribution >= 0.6 is 0 Å². The van der Waals surface area contributed by atoms with Gasteiger partial charge in [-0.15, -0.1) is 0 Å². The number of nitrogens with one attached hydrogen (secondary N) is 1. The summed E-state index contributed by atoms with van der Waals surface area (Å²) in [4.78, 5) is 2.79. The molecule has 0 radical (unpaired) electrons. The lowest BCUT2D eigenvalue weighted by Gasteiger charge is -1.90. The van der Waals surface area contributed by atoms with Gasteiger partial charge >= 0.3 is 0 Å². The SMILES string of the molecule is Nc1ccc2[nH]c(O)cc2c1. The first kappa shape index (κ1) is 6.09. The molecule has 0 fully saturated rings. The number of aromatic amines is 1. The van der Waals surface area contributed by atoms with E-state index in [1.165, 1.54) is 0 Å². The number of nitrogens with two attached hydrogens (primary N) is 1. The lowest BCUT2D eigenvalue weighted by Crippen LogP contribution is -1.81. The average Bonchev–Trinajstić information content (AvgIpc) is 2.27. The summed E-state index contributed by atoms with van der Waals surface area (Å²) in [5.74, 6) is 0.172. The first-order valence-corrected chi connectivity index (χ1v) is 3.33. The molecule has 0 aliphatic carbocycles. The smallest absolute Gasteiger partial charge is 0.189 e. The average molecular weight is 148 g/mol. The second-order valence-corrected chi connectivity index (χ2v) is 2.50. The zero-order valence-corrected chi connectivity index (χ0v) is 5.83. The Kier molecular flexibility index (Phi) is 1.06. The van der Waals surface area contributed by atoms with Gasteiger partial charge in [0.2, 0.25) is 0 Å². The van der Waals surface area contributed by atoms with Gasteiger partial charge in [-0.3, -0.25) is 0 Å². The second kappa shape index (κ2) is 1.92. The number of hydrogen-bond acceptors (Lipinski definition) is 2. The molecule has 0 spiro atoms. The van der Waals surface area contributed by atoms with Crippen molar-refractivity contribution in [1.82, 2.24) is 4.98 Å². The highest BCUT2D eigenvalue weighted by atomic mass is 16.3. The third-order valence-corrected chi connectivity index (χ3v) is 1.63. The minimum absolute atomic E-state index is 0.172. The predicted molar refractivity (Wildman–Crippen MR) is 44.4 cm³/mol. The van der Waals surface area contributed by atoms with Gasteiger partial charge < -0.3 is 15.8 Å². The number of benzene rings is 1. The highest BCUT2D eigenvalue weighted by molar-refractivity contribution is 5.84. The molecule has 0 amide bonds. The molecule has 0 atom stereocenters. The quantitative estimate of drug-likeness (QED) is 0.495. The Bertz CT molecular complexity index is 392. The number of aromatic nitrogens is 1. The summed E-state index contributed by atoms with van der Waals surface area (Å²) in [5.41, 5.74) is 7.14. The van der Waals surface area contributed by atoms with Gasteiger partial charge in [0.05, 0.1) is 0 Å². The van der Waals surface area contributed by atoms with Gasteiger partial charge in [-0.1, -0.05) is 0 Å². The maximum atomic E-state index is 9.05. The molecule has 56 valence electrons. The summed E-state index contributed by atoms with van der Waals surface area (Å²) in [5, 5.41) is 9.98. The topological polar surface area (TPSA) is 62.0 Å². The van der Waals surface area contributed by atoms with Crippen molar-refractivity contribution >= 4 is 16.6 Å². The molecule has 2 rings (SSSR count). The van der Waals surface area contributed by atoms with Crippen LogP contribution in [0.5, 0.6) is 5.88 Å². The summed E-state index contributed by atoms with van der Waals surface area (Å²) in [7, 11) is 0. The van der Waals surface area contributed by atoms with Crippen molar-refractivity contribution in [1.29, 1.82) is 0 Å².